The maximum Gasteiger partial charge on any atom is 0.224 e. The van der Waals surface area contributed by atoms with Gasteiger partial charge in [0, 0.05) is 50.5 Å². The van der Waals surface area contributed by atoms with E-state index in [0.29, 0.717) is 31.0 Å². The zero-order chi connectivity index (χ0) is 20.3. The second-order valence-electron chi connectivity index (χ2n) is 7.89. The molecule has 2 aliphatic heterocycles. The van der Waals surface area contributed by atoms with Crippen LogP contribution in [0.4, 0.5) is 0 Å². The smallest absolute Gasteiger partial charge is 0.224 e. The largest absolute Gasteiger partial charge is 0.493 e. The lowest BCUT2D eigenvalue weighted by molar-refractivity contribution is -0.133. The van der Waals surface area contributed by atoms with Crippen molar-refractivity contribution in [3.63, 3.8) is 0 Å². The first-order valence-electron chi connectivity index (χ1n) is 9.94. The number of ether oxygens (including phenoxy) is 2. The number of hydrogen-bond donors (Lipinski definition) is 1. The van der Waals surface area contributed by atoms with Crippen LogP contribution >= 0.6 is 12.4 Å². The second-order valence-corrected chi connectivity index (χ2v) is 7.89. The summed E-state index contributed by atoms with van der Waals surface area (Å²) in [5, 5.41) is 0. The van der Waals surface area contributed by atoms with Crippen LogP contribution in [0, 0.1) is 5.41 Å². The van der Waals surface area contributed by atoms with E-state index in [1.54, 1.807) is 20.3 Å². The van der Waals surface area contributed by atoms with Crippen molar-refractivity contribution in [2.75, 3.05) is 40.4 Å². The summed E-state index contributed by atoms with van der Waals surface area (Å²) in [6, 6.07) is 5.10. The van der Waals surface area contributed by atoms with E-state index in [9.17, 15) is 9.59 Å². The fraction of sp³-hybridized carbons (Fsp3) is 0.619. The number of amides is 2. The average Bonchev–Trinajstić information content (AvgIpc) is 3.02. The van der Waals surface area contributed by atoms with Crippen LogP contribution in [0.2, 0.25) is 0 Å². The van der Waals surface area contributed by atoms with Crippen molar-refractivity contribution >= 4 is 24.2 Å². The van der Waals surface area contributed by atoms with Crippen LogP contribution < -0.4 is 15.2 Å². The number of benzene rings is 1. The Balaban J connectivity index is 0.00000300. The molecule has 0 aliphatic carbocycles. The first kappa shape index (κ1) is 23.3. The van der Waals surface area contributed by atoms with Gasteiger partial charge in [0.25, 0.3) is 0 Å². The van der Waals surface area contributed by atoms with E-state index in [4.69, 9.17) is 15.2 Å². The van der Waals surface area contributed by atoms with Crippen LogP contribution in [0.1, 0.15) is 44.2 Å². The number of nitrogens with zero attached hydrogens (tertiary/aromatic N) is 2. The summed E-state index contributed by atoms with van der Waals surface area (Å²) < 4.78 is 10.6. The summed E-state index contributed by atoms with van der Waals surface area (Å²) in [5.74, 6) is 1.55. The molecule has 0 bridgehead atoms. The second kappa shape index (κ2) is 9.67. The molecule has 2 heterocycles. The average molecular weight is 426 g/mol. The number of hydrogen-bond acceptors (Lipinski definition) is 5. The molecule has 2 N–H and O–H groups in total. The van der Waals surface area contributed by atoms with Gasteiger partial charge in [0.1, 0.15) is 0 Å². The Labute approximate surface area is 178 Å². The molecule has 29 heavy (non-hydrogen) atoms. The number of rotatable bonds is 6. The first-order valence-corrected chi connectivity index (χ1v) is 9.94. The molecule has 162 valence electrons. The topological polar surface area (TPSA) is 85.1 Å². The third-order valence-corrected chi connectivity index (χ3v) is 6.19. The fourth-order valence-electron chi connectivity index (χ4n) is 4.35. The molecule has 0 aromatic heterocycles. The van der Waals surface area contributed by atoms with E-state index in [-0.39, 0.29) is 36.1 Å². The molecule has 8 heteroatoms. The lowest BCUT2D eigenvalue weighted by atomic mass is 9.77. The molecule has 1 aromatic carbocycles. The summed E-state index contributed by atoms with van der Waals surface area (Å²) in [6.07, 6.45) is 2.63. The van der Waals surface area contributed by atoms with Gasteiger partial charge in [0.05, 0.1) is 14.2 Å². The predicted molar refractivity (Wildman–Crippen MR) is 113 cm³/mol. The molecule has 0 radical (unpaired) electrons. The Morgan fingerprint density at radius 1 is 1.21 bits per heavy atom. The van der Waals surface area contributed by atoms with Gasteiger partial charge in [-0.25, -0.2) is 0 Å². The number of nitrogens with two attached hydrogens (primary N) is 1. The van der Waals surface area contributed by atoms with E-state index in [2.05, 4.69) is 0 Å². The molecular weight excluding hydrogens is 394 g/mol. The van der Waals surface area contributed by atoms with E-state index in [0.717, 1.165) is 31.5 Å². The van der Waals surface area contributed by atoms with E-state index in [1.165, 1.54) is 0 Å². The van der Waals surface area contributed by atoms with Crippen LogP contribution in [-0.4, -0.2) is 62.0 Å². The minimum absolute atomic E-state index is 0. The highest BCUT2D eigenvalue weighted by Crippen LogP contribution is 2.41. The summed E-state index contributed by atoms with van der Waals surface area (Å²) in [6.45, 7) is 5.01. The molecule has 1 unspecified atom stereocenters. The van der Waals surface area contributed by atoms with Crippen LogP contribution in [0.15, 0.2) is 18.2 Å². The first-order chi connectivity index (χ1) is 13.4. The minimum atomic E-state index is -0.396. The van der Waals surface area contributed by atoms with E-state index < -0.39 is 6.04 Å². The number of piperidine rings is 1. The van der Waals surface area contributed by atoms with Crippen molar-refractivity contribution in [3.05, 3.63) is 23.8 Å². The Morgan fingerprint density at radius 2 is 1.86 bits per heavy atom. The van der Waals surface area contributed by atoms with Gasteiger partial charge in [-0.2, -0.15) is 0 Å². The molecule has 2 amide bonds. The molecule has 2 saturated heterocycles. The van der Waals surface area contributed by atoms with Crippen LogP contribution in [0.3, 0.4) is 0 Å². The molecule has 1 aromatic rings. The van der Waals surface area contributed by atoms with Gasteiger partial charge in [0.15, 0.2) is 11.5 Å². The van der Waals surface area contributed by atoms with Crippen LogP contribution in [0.5, 0.6) is 11.5 Å². The van der Waals surface area contributed by atoms with Gasteiger partial charge in [0.2, 0.25) is 11.8 Å². The van der Waals surface area contributed by atoms with Gasteiger partial charge in [-0.1, -0.05) is 6.07 Å². The maximum absolute atomic E-state index is 12.8. The van der Waals surface area contributed by atoms with Crippen molar-refractivity contribution in [1.29, 1.82) is 0 Å². The highest BCUT2D eigenvalue weighted by molar-refractivity contribution is 5.85. The predicted octanol–water partition coefficient (Wildman–Crippen LogP) is 2.38. The van der Waals surface area contributed by atoms with Gasteiger partial charge in [-0.05, 0) is 37.5 Å². The standard InChI is InChI=1S/C21H31N3O4.ClH/c1-4-23-14-21(13-20(23)26)7-9-24(10-8-21)19(25)12-16(22)15-5-6-17(27-2)18(11-15)28-3;/h5-6,11,16H,4,7-10,12-14,22H2,1-3H3;1H. The lowest BCUT2D eigenvalue weighted by Gasteiger charge is -2.39. The third kappa shape index (κ3) is 4.95. The maximum atomic E-state index is 12.8. The zero-order valence-electron chi connectivity index (χ0n) is 17.5. The van der Waals surface area contributed by atoms with Crippen molar-refractivity contribution in [3.8, 4) is 11.5 Å². The number of halogens is 1. The molecule has 7 nitrogen and oxygen atoms in total. The van der Waals surface area contributed by atoms with Crippen molar-refractivity contribution in [2.45, 2.75) is 38.6 Å². The van der Waals surface area contributed by atoms with Gasteiger partial charge in [-0.3, -0.25) is 9.59 Å². The number of carbonyl (C=O) groups excluding carboxylic acids is 2. The van der Waals surface area contributed by atoms with Crippen molar-refractivity contribution in [1.82, 2.24) is 9.80 Å². The summed E-state index contributed by atoms with van der Waals surface area (Å²) in [5.41, 5.74) is 7.19. The van der Waals surface area contributed by atoms with E-state index >= 15 is 0 Å². The zero-order valence-corrected chi connectivity index (χ0v) is 18.3. The van der Waals surface area contributed by atoms with Crippen molar-refractivity contribution in [2.24, 2.45) is 11.1 Å². The van der Waals surface area contributed by atoms with Crippen LogP contribution in [-0.2, 0) is 9.59 Å². The molecule has 2 aliphatic rings. The van der Waals surface area contributed by atoms with Gasteiger partial charge >= 0.3 is 0 Å². The van der Waals surface area contributed by atoms with Gasteiger partial charge in [-0.15, -0.1) is 12.4 Å². The fourth-order valence-corrected chi connectivity index (χ4v) is 4.35. The number of carbonyl (C=O) groups is 2. The number of likely N-dealkylation sites (tertiary alicyclic amines) is 2. The molecule has 1 spiro atoms. The summed E-state index contributed by atoms with van der Waals surface area (Å²) in [7, 11) is 3.16. The molecule has 0 saturated carbocycles. The Morgan fingerprint density at radius 3 is 2.41 bits per heavy atom. The Kier molecular flexibility index (Phi) is 7.77. The monoisotopic (exact) mass is 425 g/mol. The lowest BCUT2D eigenvalue weighted by Crippen LogP contribution is -2.44. The highest BCUT2D eigenvalue weighted by Gasteiger charge is 2.44. The molecule has 2 fully saturated rings. The number of methoxy groups -OCH3 is 2. The van der Waals surface area contributed by atoms with Crippen molar-refractivity contribution < 1.29 is 19.1 Å². The third-order valence-electron chi connectivity index (χ3n) is 6.19. The minimum Gasteiger partial charge on any atom is -0.493 e. The SMILES string of the molecule is CCN1CC2(CCN(C(=O)CC(N)c3ccc(OC)c(OC)c3)CC2)CC1=O.Cl. The van der Waals surface area contributed by atoms with Crippen LogP contribution in [0.25, 0.3) is 0 Å². The highest BCUT2D eigenvalue weighted by atomic mass is 35.5. The normalized spacial score (nSPS) is 19.1. The molecular formula is C21H32ClN3O4. The summed E-state index contributed by atoms with van der Waals surface area (Å²) in [4.78, 5) is 28.7. The Hall–Kier alpha value is -1.99. The van der Waals surface area contributed by atoms with E-state index in [1.807, 2.05) is 28.9 Å². The molecule has 3 rings (SSSR count). The summed E-state index contributed by atoms with van der Waals surface area (Å²) >= 11 is 0. The quantitative estimate of drug-likeness (QED) is 0.756. The Bertz CT molecular complexity index is 735. The molecule has 1 atom stereocenters. The van der Waals surface area contributed by atoms with Gasteiger partial charge < -0.3 is 25.0 Å².